The van der Waals surface area contributed by atoms with Gasteiger partial charge in [0.25, 0.3) is 0 Å². The SMILES string of the molecule is C[C@H]1CC(CO)[C@@H](CO)C1. The Morgan fingerprint density at radius 2 is 1.50 bits per heavy atom. The topological polar surface area (TPSA) is 40.5 Å². The second kappa shape index (κ2) is 3.35. The molecule has 0 radical (unpaired) electrons. The maximum absolute atomic E-state index is 8.87. The van der Waals surface area contributed by atoms with Gasteiger partial charge < -0.3 is 10.2 Å². The zero-order valence-electron chi connectivity index (χ0n) is 6.45. The summed E-state index contributed by atoms with van der Waals surface area (Å²) in [6.45, 7) is 2.67. The predicted molar refractivity (Wildman–Crippen MR) is 39.5 cm³/mol. The van der Waals surface area contributed by atoms with E-state index in [1.165, 1.54) is 0 Å². The van der Waals surface area contributed by atoms with Gasteiger partial charge in [0.2, 0.25) is 0 Å². The van der Waals surface area contributed by atoms with Crippen LogP contribution in [0.15, 0.2) is 0 Å². The summed E-state index contributed by atoms with van der Waals surface area (Å²) in [5.74, 6) is 1.41. The molecule has 2 N–H and O–H groups in total. The molecule has 0 aliphatic heterocycles. The third-order valence-corrected chi connectivity index (χ3v) is 2.55. The zero-order valence-corrected chi connectivity index (χ0v) is 6.45. The van der Waals surface area contributed by atoms with E-state index in [-0.39, 0.29) is 13.2 Å². The Morgan fingerprint density at radius 3 is 1.80 bits per heavy atom. The average molecular weight is 144 g/mol. The molecule has 1 fully saturated rings. The minimum Gasteiger partial charge on any atom is -0.396 e. The van der Waals surface area contributed by atoms with Crippen molar-refractivity contribution >= 4 is 0 Å². The summed E-state index contributed by atoms with van der Waals surface area (Å²) in [6.07, 6.45) is 2.17. The quantitative estimate of drug-likeness (QED) is 0.597. The fraction of sp³-hybridized carbons (Fsp3) is 1.00. The molecule has 0 bridgehead atoms. The van der Waals surface area contributed by atoms with Gasteiger partial charge in [-0.25, -0.2) is 0 Å². The van der Waals surface area contributed by atoms with E-state index in [4.69, 9.17) is 10.2 Å². The molecular formula is C8H16O2. The van der Waals surface area contributed by atoms with E-state index < -0.39 is 0 Å². The number of hydrogen-bond donors (Lipinski definition) is 2. The van der Waals surface area contributed by atoms with Crippen molar-refractivity contribution in [2.75, 3.05) is 13.2 Å². The molecule has 2 heteroatoms. The van der Waals surface area contributed by atoms with E-state index >= 15 is 0 Å². The molecule has 0 spiro atoms. The smallest absolute Gasteiger partial charge is 0.0462 e. The molecule has 1 saturated carbocycles. The van der Waals surface area contributed by atoms with E-state index in [1.807, 2.05) is 0 Å². The van der Waals surface area contributed by atoms with Gasteiger partial charge in [-0.15, -0.1) is 0 Å². The number of aliphatic hydroxyl groups excluding tert-OH is 2. The summed E-state index contributed by atoms with van der Waals surface area (Å²) in [7, 11) is 0. The molecule has 2 nitrogen and oxygen atoms in total. The molecule has 0 aromatic heterocycles. The highest BCUT2D eigenvalue weighted by Gasteiger charge is 2.30. The van der Waals surface area contributed by atoms with Gasteiger partial charge in [-0.1, -0.05) is 6.92 Å². The lowest BCUT2D eigenvalue weighted by Crippen LogP contribution is -2.15. The van der Waals surface area contributed by atoms with Crippen molar-refractivity contribution in [2.45, 2.75) is 19.8 Å². The van der Waals surface area contributed by atoms with Crippen LogP contribution in [-0.4, -0.2) is 23.4 Å². The van der Waals surface area contributed by atoms with Crippen molar-refractivity contribution in [1.82, 2.24) is 0 Å². The Balaban J connectivity index is 2.41. The van der Waals surface area contributed by atoms with Crippen LogP contribution in [0.4, 0.5) is 0 Å². The Bertz CT molecular complexity index is 91.4. The van der Waals surface area contributed by atoms with Gasteiger partial charge in [0.1, 0.15) is 0 Å². The first kappa shape index (κ1) is 8.02. The first-order valence-electron chi connectivity index (χ1n) is 3.99. The molecule has 1 rings (SSSR count). The third kappa shape index (κ3) is 1.50. The second-order valence-corrected chi connectivity index (χ2v) is 3.46. The molecule has 0 aromatic rings. The van der Waals surface area contributed by atoms with Crippen LogP contribution in [0, 0.1) is 17.8 Å². The monoisotopic (exact) mass is 144 g/mol. The van der Waals surface area contributed by atoms with Crippen molar-refractivity contribution in [2.24, 2.45) is 17.8 Å². The molecule has 1 aliphatic rings. The van der Waals surface area contributed by atoms with Gasteiger partial charge >= 0.3 is 0 Å². The van der Waals surface area contributed by atoms with Crippen LogP contribution in [0.1, 0.15) is 19.8 Å². The summed E-state index contributed by atoms with van der Waals surface area (Å²) in [6, 6.07) is 0. The lowest BCUT2D eigenvalue weighted by atomic mass is 9.98. The van der Waals surface area contributed by atoms with Crippen molar-refractivity contribution in [1.29, 1.82) is 0 Å². The second-order valence-electron chi connectivity index (χ2n) is 3.46. The van der Waals surface area contributed by atoms with E-state index in [0.717, 1.165) is 12.8 Å². The zero-order chi connectivity index (χ0) is 7.56. The van der Waals surface area contributed by atoms with Crippen molar-refractivity contribution in [3.05, 3.63) is 0 Å². The van der Waals surface area contributed by atoms with Crippen molar-refractivity contribution < 1.29 is 10.2 Å². The van der Waals surface area contributed by atoms with Crippen LogP contribution in [0.3, 0.4) is 0 Å². The fourth-order valence-electron chi connectivity index (χ4n) is 1.96. The van der Waals surface area contributed by atoms with Crippen LogP contribution in [0.2, 0.25) is 0 Å². The lowest BCUT2D eigenvalue weighted by molar-refractivity contribution is 0.141. The summed E-state index contributed by atoms with van der Waals surface area (Å²) < 4.78 is 0. The molecule has 1 unspecified atom stereocenters. The predicted octanol–water partition coefficient (Wildman–Crippen LogP) is 0.633. The maximum Gasteiger partial charge on any atom is 0.0462 e. The van der Waals surface area contributed by atoms with Gasteiger partial charge in [-0.3, -0.25) is 0 Å². The van der Waals surface area contributed by atoms with E-state index in [2.05, 4.69) is 6.92 Å². The summed E-state index contributed by atoms with van der Waals surface area (Å²) in [5.41, 5.74) is 0. The summed E-state index contributed by atoms with van der Waals surface area (Å²) in [5, 5.41) is 17.7. The van der Waals surface area contributed by atoms with Crippen LogP contribution in [-0.2, 0) is 0 Å². The minimum absolute atomic E-state index is 0.246. The third-order valence-electron chi connectivity index (χ3n) is 2.55. The number of hydrogen-bond acceptors (Lipinski definition) is 2. The van der Waals surface area contributed by atoms with Crippen molar-refractivity contribution in [3.8, 4) is 0 Å². The highest BCUT2D eigenvalue weighted by molar-refractivity contribution is 4.80. The first-order valence-corrected chi connectivity index (χ1v) is 3.99. The number of aliphatic hydroxyl groups is 2. The fourth-order valence-corrected chi connectivity index (χ4v) is 1.96. The molecule has 1 aliphatic carbocycles. The molecular weight excluding hydrogens is 128 g/mol. The Morgan fingerprint density at radius 1 is 1.10 bits per heavy atom. The van der Waals surface area contributed by atoms with Crippen LogP contribution >= 0.6 is 0 Å². The first-order chi connectivity index (χ1) is 4.77. The van der Waals surface area contributed by atoms with Gasteiger partial charge in [0.15, 0.2) is 0 Å². The van der Waals surface area contributed by atoms with Crippen LogP contribution < -0.4 is 0 Å². The van der Waals surface area contributed by atoms with Crippen molar-refractivity contribution in [3.63, 3.8) is 0 Å². The maximum atomic E-state index is 8.87. The normalized spacial score (nSPS) is 40.5. The average Bonchev–Trinajstić information content (AvgIpc) is 2.30. The van der Waals surface area contributed by atoms with Crippen LogP contribution in [0.25, 0.3) is 0 Å². The highest BCUT2D eigenvalue weighted by atomic mass is 16.3. The molecule has 0 amide bonds. The van der Waals surface area contributed by atoms with Gasteiger partial charge in [0.05, 0.1) is 0 Å². The molecule has 3 atom stereocenters. The Labute approximate surface area is 61.9 Å². The van der Waals surface area contributed by atoms with E-state index in [9.17, 15) is 0 Å². The highest BCUT2D eigenvalue weighted by Crippen LogP contribution is 2.35. The molecule has 60 valence electrons. The van der Waals surface area contributed by atoms with Crippen LogP contribution in [0.5, 0.6) is 0 Å². The molecule has 0 heterocycles. The lowest BCUT2D eigenvalue weighted by Gasteiger charge is -2.12. The molecule has 10 heavy (non-hydrogen) atoms. The molecule has 0 aromatic carbocycles. The van der Waals surface area contributed by atoms with Gasteiger partial charge in [-0.2, -0.15) is 0 Å². The minimum atomic E-state index is 0.246. The van der Waals surface area contributed by atoms with E-state index in [1.54, 1.807) is 0 Å². The number of rotatable bonds is 2. The van der Waals surface area contributed by atoms with Gasteiger partial charge in [0, 0.05) is 13.2 Å². The summed E-state index contributed by atoms with van der Waals surface area (Å²) in [4.78, 5) is 0. The standard InChI is InChI=1S/C8H16O2/c1-6-2-7(4-9)8(3-6)5-10/h6-10H,2-5H2,1H3/t6-,7-,8?/m1/s1. The van der Waals surface area contributed by atoms with E-state index in [0.29, 0.717) is 17.8 Å². The summed E-state index contributed by atoms with van der Waals surface area (Å²) >= 11 is 0. The Hall–Kier alpha value is -0.0800. The largest absolute Gasteiger partial charge is 0.396 e. The van der Waals surface area contributed by atoms with Gasteiger partial charge in [-0.05, 0) is 30.6 Å². The molecule has 0 saturated heterocycles. The Kier molecular flexibility index (Phi) is 2.69.